The van der Waals surface area contributed by atoms with Crippen LogP contribution in [0.1, 0.15) is 24.5 Å². The lowest BCUT2D eigenvalue weighted by molar-refractivity contribution is -0.137. The molecular weight excluding hydrogens is 421 g/mol. The number of hydrogen-bond donors (Lipinski definition) is 0. The maximum absolute atomic E-state index is 13.5. The van der Waals surface area contributed by atoms with Crippen LogP contribution in [0.15, 0.2) is 54.2 Å². The van der Waals surface area contributed by atoms with E-state index in [1.54, 1.807) is 12.1 Å². The quantitative estimate of drug-likeness (QED) is 0.577. The molecule has 2 heterocycles. The molecule has 0 aliphatic carbocycles. The summed E-state index contributed by atoms with van der Waals surface area (Å²) in [6.45, 7) is 5.97. The van der Waals surface area contributed by atoms with Crippen LogP contribution in [-0.2, 0) is 16.0 Å². The van der Waals surface area contributed by atoms with Crippen LogP contribution in [0.2, 0.25) is 0 Å². The van der Waals surface area contributed by atoms with Gasteiger partial charge in [-0.3, -0.25) is 14.5 Å². The molecule has 0 saturated carbocycles. The number of likely N-dealkylation sites (N-methyl/N-ethyl adjacent to an activating group) is 1. The lowest BCUT2D eigenvalue weighted by atomic mass is 10.0. The number of piperazine rings is 1. The number of amides is 2. The van der Waals surface area contributed by atoms with Gasteiger partial charge >= 0.3 is 0 Å². The van der Waals surface area contributed by atoms with Gasteiger partial charge in [-0.25, -0.2) is 4.39 Å². The Bertz CT molecular complexity index is 1030. The zero-order valence-electron chi connectivity index (χ0n) is 19.2. The number of benzene rings is 2. The highest BCUT2D eigenvalue weighted by molar-refractivity contribution is 6.35. The summed E-state index contributed by atoms with van der Waals surface area (Å²) in [7, 11) is 2.05. The van der Waals surface area contributed by atoms with Crippen LogP contribution in [0.5, 0.6) is 5.75 Å². The molecule has 0 bridgehead atoms. The van der Waals surface area contributed by atoms with E-state index in [0.717, 1.165) is 36.4 Å². The minimum absolute atomic E-state index is 0.252. The second-order valence-electron chi connectivity index (χ2n) is 8.53. The molecule has 4 rings (SSSR count). The van der Waals surface area contributed by atoms with Crippen LogP contribution in [-0.4, -0.2) is 72.9 Å². The molecule has 7 heteroatoms. The maximum Gasteiger partial charge on any atom is 0.277 e. The van der Waals surface area contributed by atoms with Crippen LogP contribution in [0.4, 0.5) is 4.39 Å². The third-order valence-electron chi connectivity index (χ3n) is 6.12. The van der Waals surface area contributed by atoms with Crippen LogP contribution in [0, 0.1) is 5.82 Å². The van der Waals surface area contributed by atoms with E-state index in [-0.39, 0.29) is 24.2 Å². The second kappa shape index (κ2) is 10.2. The zero-order chi connectivity index (χ0) is 23.4. The largest absolute Gasteiger partial charge is 0.494 e. The van der Waals surface area contributed by atoms with Gasteiger partial charge in [-0.05, 0) is 55.3 Å². The number of carbonyl (C=O) groups is 2. The van der Waals surface area contributed by atoms with Crippen molar-refractivity contribution >= 4 is 17.4 Å². The van der Waals surface area contributed by atoms with Crippen molar-refractivity contribution < 1.29 is 18.7 Å². The van der Waals surface area contributed by atoms with E-state index in [9.17, 15) is 14.0 Å². The maximum atomic E-state index is 13.5. The average molecular weight is 452 g/mol. The molecule has 0 aromatic heterocycles. The molecule has 2 aliphatic heterocycles. The monoisotopic (exact) mass is 451 g/mol. The van der Waals surface area contributed by atoms with Crippen LogP contribution in [0.3, 0.4) is 0 Å². The number of ether oxygens (including phenoxy) is 1. The van der Waals surface area contributed by atoms with Gasteiger partial charge in [0.1, 0.15) is 17.3 Å². The second-order valence-corrected chi connectivity index (χ2v) is 8.53. The Morgan fingerprint density at radius 2 is 1.58 bits per heavy atom. The van der Waals surface area contributed by atoms with Crippen LogP contribution in [0.25, 0.3) is 5.57 Å². The van der Waals surface area contributed by atoms with E-state index in [1.165, 1.54) is 17.0 Å². The lowest BCUT2D eigenvalue weighted by Gasteiger charge is -2.34. The molecule has 2 aromatic rings. The van der Waals surface area contributed by atoms with Crippen molar-refractivity contribution in [1.82, 2.24) is 14.7 Å². The average Bonchev–Trinajstić information content (AvgIpc) is 3.07. The number of hydrogen-bond acceptors (Lipinski definition) is 5. The molecule has 0 radical (unpaired) electrons. The van der Waals surface area contributed by atoms with E-state index in [0.29, 0.717) is 37.4 Å². The topological polar surface area (TPSA) is 53.1 Å². The number of halogens is 1. The van der Waals surface area contributed by atoms with E-state index in [4.69, 9.17) is 4.74 Å². The summed E-state index contributed by atoms with van der Waals surface area (Å²) in [6, 6.07) is 13.6. The van der Waals surface area contributed by atoms with Crippen molar-refractivity contribution in [3.8, 4) is 5.75 Å². The van der Waals surface area contributed by atoms with Crippen LogP contribution >= 0.6 is 0 Å². The molecule has 2 aliphatic rings. The first-order valence-electron chi connectivity index (χ1n) is 11.5. The Morgan fingerprint density at radius 3 is 2.21 bits per heavy atom. The highest BCUT2D eigenvalue weighted by atomic mass is 19.1. The van der Waals surface area contributed by atoms with Crippen molar-refractivity contribution in [3.63, 3.8) is 0 Å². The van der Waals surface area contributed by atoms with E-state index < -0.39 is 0 Å². The van der Waals surface area contributed by atoms with Crippen molar-refractivity contribution in [2.75, 3.05) is 46.4 Å². The molecule has 6 nitrogen and oxygen atoms in total. The standard InChI is InChI=1S/C26H30FN3O3/c1-3-18-33-22-10-6-20(7-11-22)23-24(29-16-14-28(2)15-17-29)26(32)30(25(23)31)13-12-19-4-8-21(27)9-5-19/h4-11H,3,12-18H2,1-2H3. The minimum atomic E-state index is -0.306. The predicted molar refractivity (Wildman–Crippen MR) is 125 cm³/mol. The predicted octanol–water partition coefficient (Wildman–Crippen LogP) is 3.18. The molecule has 0 unspecified atom stereocenters. The van der Waals surface area contributed by atoms with Gasteiger partial charge in [0, 0.05) is 32.7 Å². The molecule has 1 fully saturated rings. The molecule has 0 N–H and O–H groups in total. The summed E-state index contributed by atoms with van der Waals surface area (Å²) in [5, 5.41) is 0. The van der Waals surface area contributed by atoms with Crippen molar-refractivity contribution in [2.24, 2.45) is 0 Å². The summed E-state index contributed by atoms with van der Waals surface area (Å²) >= 11 is 0. The summed E-state index contributed by atoms with van der Waals surface area (Å²) in [5.41, 5.74) is 2.53. The molecule has 1 saturated heterocycles. The fraction of sp³-hybridized carbons (Fsp3) is 0.385. The Labute approximate surface area is 194 Å². The fourth-order valence-corrected chi connectivity index (χ4v) is 4.18. The molecule has 2 amide bonds. The van der Waals surface area contributed by atoms with Gasteiger partial charge in [-0.1, -0.05) is 31.2 Å². The van der Waals surface area contributed by atoms with Gasteiger partial charge in [0.15, 0.2) is 0 Å². The Kier molecular flexibility index (Phi) is 7.08. The van der Waals surface area contributed by atoms with E-state index >= 15 is 0 Å². The molecule has 33 heavy (non-hydrogen) atoms. The first-order valence-corrected chi connectivity index (χ1v) is 11.5. The Hall–Kier alpha value is -3.19. The van der Waals surface area contributed by atoms with Crippen LogP contribution < -0.4 is 4.74 Å². The zero-order valence-corrected chi connectivity index (χ0v) is 19.2. The molecule has 0 spiro atoms. The molecule has 0 atom stereocenters. The number of imide groups is 1. The van der Waals surface area contributed by atoms with Crippen molar-refractivity contribution in [3.05, 3.63) is 71.2 Å². The van der Waals surface area contributed by atoms with Crippen molar-refractivity contribution in [2.45, 2.75) is 19.8 Å². The first kappa shape index (κ1) is 23.0. The van der Waals surface area contributed by atoms with E-state index in [1.807, 2.05) is 36.1 Å². The minimum Gasteiger partial charge on any atom is -0.494 e. The summed E-state index contributed by atoms with van der Waals surface area (Å²) in [6.07, 6.45) is 1.39. The molecular formula is C26H30FN3O3. The Morgan fingerprint density at radius 1 is 0.909 bits per heavy atom. The molecule has 2 aromatic carbocycles. The summed E-state index contributed by atoms with van der Waals surface area (Å²) in [5.74, 6) is -0.0988. The first-order chi connectivity index (χ1) is 16.0. The normalized spacial score (nSPS) is 17.3. The van der Waals surface area contributed by atoms with Crippen molar-refractivity contribution in [1.29, 1.82) is 0 Å². The van der Waals surface area contributed by atoms with Gasteiger partial charge in [-0.15, -0.1) is 0 Å². The van der Waals surface area contributed by atoms with Gasteiger partial charge in [-0.2, -0.15) is 0 Å². The smallest absolute Gasteiger partial charge is 0.277 e. The summed E-state index contributed by atoms with van der Waals surface area (Å²) < 4.78 is 18.9. The number of carbonyl (C=O) groups excluding carboxylic acids is 2. The highest BCUT2D eigenvalue weighted by Crippen LogP contribution is 2.33. The van der Waals surface area contributed by atoms with Gasteiger partial charge < -0.3 is 14.5 Å². The lowest BCUT2D eigenvalue weighted by Crippen LogP contribution is -2.46. The van der Waals surface area contributed by atoms with Gasteiger partial charge in [0.05, 0.1) is 12.2 Å². The van der Waals surface area contributed by atoms with E-state index in [2.05, 4.69) is 11.9 Å². The SMILES string of the molecule is CCCOc1ccc(C2=C(N3CCN(C)CC3)C(=O)N(CCc3ccc(F)cc3)C2=O)cc1. The summed E-state index contributed by atoms with van der Waals surface area (Å²) in [4.78, 5) is 32.5. The third kappa shape index (κ3) is 5.09. The molecule has 174 valence electrons. The van der Waals surface area contributed by atoms with Gasteiger partial charge in [0.2, 0.25) is 0 Å². The fourth-order valence-electron chi connectivity index (χ4n) is 4.18. The third-order valence-corrected chi connectivity index (χ3v) is 6.12. The van der Waals surface area contributed by atoms with Gasteiger partial charge in [0.25, 0.3) is 11.8 Å². The number of nitrogens with zero attached hydrogens (tertiary/aromatic N) is 3. The highest BCUT2D eigenvalue weighted by Gasteiger charge is 2.41. The number of rotatable bonds is 8. The Balaban J connectivity index is 1.60.